The second-order valence-corrected chi connectivity index (χ2v) is 5.45. The number of aromatic carboxylic acids is 1. The van der Waals surface area contributed by atoms with Gasteiger partial charge in [0.05, 0.1) is 0 Å². The lowest BCUT2D eigenvalue weighted by Crippen LogP contribution is -2.20. The predicted molar refractivity (Wildman–Crippen MR) is 66.2 cm³/mol. The lowest BCUT2D eigenvalue weighted by molar-refractivity contribution is 0.0697. The third-order valence-corrected chi connectivity index (χ3v) is 3.35. The first-order chi connectivity index (χ1) is 7.98. The normalized spacial score (nSPS) is 22.4. The van der Waals surface area contributed by atoms with Crippen molar-refractivity contribution in [2.75, 3.05) is 5.32 Å². The molecule has 1 atom stereocenters. The fourth-order valence-electron chi connectivity index (χ4n) is 2.45. The molecule has 2 rings (SSSR count). The maximum absolute atomic E-state index is 11.0. The molecule has 0 saturated heterocycles. The van der Waals surface area contributed by atoms with Crippen LogP contribution in [0, 0.1) is 5.41 Å². The fraction of sp³-hybridized carbons (Fsp3) is 0.538. The second-order valence-electron chi connectivity index (χ2n) is 5.45. The van der Waals surface area contributed by atoms with Crippen LogP contribution < -0.4 is 5.32 Å². The summed E-state index contributed by atoms with van der Waals surface area (Å²) in [6, 6.07) is 3.56. The Kier molecular flexibility index (Phi) is 3.05. The number of nitrogens with zero attached hydrogens (tertiary/aromatic N) is 1. The Balaban J connectivity index is 2.12. The summed E-state index contributed by atoms with van der Waals surface area (Å²) in [6.45, 7) is 4.48. The number of pyridine rings is 1. The highest BCUT2D eigenvalue weighted by Crippen LogP contribution is 2.38. The second kappa shape index (κ2) is 4.35. The van der Waals surface area contributed by atoms with E-state index < -0.39 is 5.97 Å². The third kappa shape index (κ3) is 2.75. The maximum atomic E-state index is 11.0. The molecule has 92 valence electrons. The lowest BCUT2D eigenvalue weighted by atomic mass is 9.92. The molecule has 17 heavy (non-hydrogen) atoms. The largest absolute Gasteiger partial charge is 0.478 e. The van der Waals surface area contributed by atoms with Gasteiger partial charge in [0.1, 0.15) is 11.4 Å². The quantitative estimate of drug-likeness (QED) is 0.844. The number of hydrogen-bond donors (Lipinski definition) is 2. The number of hydrogen-bond acceptors (Lipinski definition) is 3. The molecule has 0 amide bonds. The van der Waals surface area contributed by atoms with Crippen LogP contribution in [-0.4, -0.2) is 22.1 Å². The van der Waals surface area contributed by atoms with Crippen molar-refractivity contribution in [3.8, 4) is 0 Å². The minimum absolute atomic E-state index is 0.247. The first kappa shape index (κ1) is 11.9. The average molecular weight is 234 g/mol. The summed E-state index contributed by atoms with van der Waals surface area (Å²) in [4.78, 5) is 15.2. The Hall–Kier alpha value is -1.58. The molecular formula is C13H18N2O2. The summed E-state index contributed by atoms with van der Waals surface area (Å²) >= 11 is 0. The molecule has 0 radical (unpaired) electrons. The van der Waals surface area contributed by atoms with E-state index in [-0.39, 0.29) is 5.56 Å². The van der Waals surface area contributed by atoms with E-state index in [4.69, 9.17) is 5.11 Å². The Morgan fingerprint density at radius 2 is 2.35 bits per heavy atom. The average Bonchev–Trinajstić information content (AvgIpc) is 2.58. The monoisotopic (exact) mass is 234 g/mol. The summed E-state index contributed by atoms with van der Waals surface area (Å²) in [5.74, 6) is -0.444. The molecule has 0 spiro atoms. The number of rotatable bonds is 3. The Labute approximate surface area is 101 Å². The van der Waals surface area contributed by atoms with E-state index in [2.05, 4.69) is 24.1 Å². The maximum Gasteiger partial charge on any atom is 0.339 e. The SMILES string of the molecule is CC1(C)CCC(Nc2ncccc2C(=O)O)C1. The van der Waals surface area contributed by atoms with Crippen LogP contribution in [0.15, 0.2) is 18.3 Å². The van der Waals surface area contributed by atoms with Crippen molar-refractivity contribution < 1.29 is 9.90 Å². The van der Waals surface area contributed by atoms with Crippen molar-refractivity contribution in [3.63, 3.8) is 0 Å². The molecule has 1 aromatic rings. The van der Waals surface area contributed by atoms with E-state index in [1.165, 1.54) is 6.42 Å². The van der Waals surface area contributed by atoms with Gasteiger partial charge >= 0.3 is 5.97 Å². The Morgan fingerprint density at radius 1 is 1.59 bits per heavy atom. The zero-order valence-electron chi connectivity index (χ0n) is 10.2. The van der Waals surface area contributed by atoms with Gasteiger partial charge in [-0.3, -0.25) is 0 Å². The molecule has 4 nitrogen and oxygen atoms in total. The number of carboxylic acid groups (broad SMARTS) is 1. The van der Waals surface area contributed by atoms with Gasteiger partial charge in [-0.1, -0.05) is 13.8 Å². The molecule has 1 aliphatic rings. The molecule has 0 aromatic carbocycles. The summed E-state index contributed by atoms with van der Waals surface area (Å²) in [5, 5.41) is 12.3. The first-order valence-corrected chi connectivity index (χ1v) is 5.93. The number of anilines is 1. The fourth-order valence-corrected chi connectivity index (χ4v) is 2.45. The van der Waals surface area contributed by atoms with E-state index in [0.717, 1.165) is 12.8 Å². The molecule has 1 unspecified atom stereocenters. The Bertz CT molecular complexity index is 429. The zero-order valence-corrected chi connectivity index (χ0v) is 10.2. The highest BCUT2D eigenvalue weighted by Gasteiger charge is 2.31. The van der Waals surface area contributed by atoms with Gasteiger partial charge in [-0.2, -0.15) is 0 Å². The van der Waals surface area contributed by atoms with E-state index in [1.54, 1.807) is 18.3 Å². The standard InChI is InChI=1S/C13H18N2O2/c1-13(2)6-5-9(8-13)15-11-10(12(16)17)4-3-7-14-11/h3-4,7,9H,5-6,8H2,1-2H3,(H,14,15)(H,16,17). The van der Waals surface area contributed by atoms with Crippen LogP contribution in [0.2, 0.25) is 0 Å². The van der Waals surface area contributed by atoms with E-state index in [9.17, 15) is 4.79 Å². The molecule has 1 saturated carbocycles. The van der Waals surface area contributed by atoms with Gasteiger partial charge in [-0.25, -0.2) is 9.78 Å². The van der Waals surface area contributed by atoms with Crippen molar-refractivity contribution in [2.45, 2.75) is 39.2 Å². The van der Waals surface area contributed by atoms with Crippen LogP contribution in [-0.2, 0) is 0 Å². The molecule has 1 heterocycles. The van der Waals surface area contributed by atoms with Crippen molar-refractivity contribution in [1.82, 2.24) is 4.98 Å². The van der Waals surface area contributed by atoms with Gasteiger partial charge in [0.15, 0.2) is 0 Å². The zero-order chi connectivity index (χ0) is 12.5. The van der Waals surface area contributed by atoms with Crippen LogP contribution >= 0.6 is 0 Å². The minimum atomic E-state index is -0.933. The van der Waals surface area contributed by atoms with Gasteiger partial charge < -0.3 is 10.4 Å². The smallest absolute Gasteiger partial charge is 0.339 e. The molecule has 2 N–H and O–H groups in total. The number of nitrogens with one attached hydrogen (secondary N) is 1. The van der Waals surface area contributed by atoms with Crippen molar-refractivity contribution in [3.05, 3.63) is 23.9 Å². The number of aromatic nitrogens is 1. The van der Waals surface area contributed by atoms with Crippen LogP contribution in [0.4, 0.5) is 5.82 Å². The van der Waals surface area contributed by atoms with Crippen LogP contribution in [0.3, 0.4) is 0 Å². The third-order valence-electron chi connectivity index (χ3n) is 3.35. The van der Waals surface area contributed by atoms with Gasteiger partial charge in [-0.05, 0) is 36.8 Å². The van der Waals surface area contributed by atoms with Crippen molar-refractivity contribution in [2.24, 2.45) is 5.41 Å². The van der Waals surface area contributed by atoms with Crippen LogP contribution in [0.1, 0.15) is 43.5 Å². The van der Waals surface area contributed by atoms with Gasteiger partial charge in [-0.15, -0.1) is 0 Å². The van der Waals surface area contributed by atoms with Crippen LogP contribution in [0.5, 0.6) is 0 Å². The van der Waals surface area contributed by atoms with E-state index >= 15 is 0 Å². The molecule has 1 fully saturated rings. The Morgan fingerprint density at radius 3 is 2.94 bits per heavy atom. The highest BCUT2D eigenvalue weighted by atomic mass is 16.4. The van der Waals surface area contributed by atoms with Crippen LogP contribution in [0.25, 0.3) is 0 Å². The van der Waals surface area contributed by atoms with Gasteiger partial charge in [0, 0.05) is 12.2 Å². The molecule has 0 aliphatic heterocycles. The molecule has 0 bridgehead atoms. The summed E-state index contributed by atoms with van der Waals surface area (Å²) in [5.41, 5.74) is 0.591. The molecular weight excluding hydrogens is 216 g/mol. The summed E-state index contributed by atoms with van der Waals surface area (Å²) in [7, 11) is 0. The van der Waals surface area contributed by atoms with Crippen molar-refractivity contribution >= 4 is 11.8 Å². The topological polar surface area (TPSA) is 62.2 Å². The highest BCUT2D eigenvalue weighted by molar-refractivity contribution is 5.93. The predicted octanol–water partition coefficient (Wildman–Crippen LogP) is 2.77. The van der Waals surface area contributed by atoms with Crippen molar-refractivity contribution in [1.29, 1.82) is 0 Å². The van der Waals surface area contributed by atoms with E-state index in [1.807, 2.05) is 0 Å². The summed E-state index contributed by atoms with van der Waals surface area (Å²) in [6.07, 6.45) is 4.92. The first-order valence-electron chi connectivity index (χ1n) is 5.93. The summed E-state index contributed by atoms with van der Waals surface area (Å²) < 4.78 is 0. The molecule has 1 aliphatic carbocycles. The molecule has 1 aromatic heterocycles. The lowest BCUT2D eigenvalue weighted by Gasteiger charge is -2.18. The molecule has 4 heteroatoms. The number of carboxylic acids is 1. The van der Waals surface area contributed by atoms with Gasteiger partial charge in [0.2, 0.25) is 0 Å². The van der Waals surface area contributed by atoms with E-state index in [0.29, 0.717) is 17.3 Å². The van der Waals surface area contributed by atoms with Gasteiger partial charge in [0.25, 0.3) is 0 Å². The minimum Gasteiger partial charge on any atom is -0.478 e. The number of carbonyl (C=O) groups is 1.